The number of rotatable bonds is 10. The number of carbonyl (C=O) groups is 2. The second kappa shape index (κ2) is 11.9. The van der Waals surface area contributed by atoms with E-state index in [1.165, 1.54) is 0 Å². The third kappa shape index (κ3) is 6.99. The molecule has 3 rings (SSSR count). The zero-order chi connectivity index (χ0) is 22.6. The maximum Gasteiger partial charge on any atom is 0.227 e. The van der Waals surface area contributed by atoms with E-state index >= 15 is 0 Å². The first-order valence-electron chi connectivity index (χ1n) is 10.5. The first-order chi connectivity index (χ1) is 15.7. The molecule has 0 unspecified atom stereocenters. The Morgan fingerprint density at radius 3 is 2.28 bits per heavy atom. The van der Waals surface area contributed by atoms with E-state index in [2.05, 4.69) is 11.4 Å². The third-order valence-corrected chi connectivity index (χ3v) is 4.75. The van der Waals surface area contributed by atoms with Crippen molar-refractivity contribution in [3.8, 4) is 17.6 Å². The molecule has 0 radical (unpaired) electrons. The average Bonchev–Trinajstić information content (AvgIpc) is 2.83. The van der Waals surface area contributed by atoms with Gasteiger partial charge in [0.1, 0.15) is 11.5 Å². The lowest BCUT2D eigenvalue weighted by atomic mass is 10.2. The Hall–Kier alpha value is -4.11. The largest absolute Gasteiger partial charge is 0.457 e. The molecule has 0 bridgehead atoms. The van der Waals surface area contributed by atoms with Crippen LogP contribution in [0, 0.1) is 11.3 Å². The molecule has 0 aliphatic heterocycles. The Bertz CT molecular complexity index is 1060. The molecule has 0 spiro atoms. The van der Waals surface area contributed by atoms with E-state index in [0.717, 1.165) is 17.0 Å². The number of carbonyl (C=O) groups excluding carboxylic acids is 2. The summed E-state index contributed by atoms with van der Waals surface area (Å²) in [6.45, 7) is 0.644. The summed E-state index contributed by atoms with van der Waals surface area (Å²) >= 11 is 0. The number of nitrogens with zero attached hydrogens (tertiary/aromatic N) is 2. The quantitative estimate of drug-likeness (QED) is 0.503. The standard InChI is InChI=1S/C26H25N3O3/c27-17-8-18-29(22-10-3-1-4-11-22)26(31)16-15-25(30)28-20-21-9-7-14-24(19-21)32-23-12-5-2-6-13-23/h1-7,9-14,19H,8,15-16,18,20H2,(H,28,30). The maximum atomic E-state index is 12.7. The van der Waals surface area contributed by atoms with Gasteiger partial charge in [0.25, 0.3) is 0 Å². The Kier molecular flexibility index (Phi) is 8.41. The molecule has 0 fully saturated rings. The molecular formula is C26H25N3O3. The molecular weight excluding hydrogens is 402 g/mol. The van der Waals surface area contributed by atoms with Crippen molar-refractivity contribution in [2.24, 2.45) is 0 Å². The van der Waals surface area contributed by atoms with Crippen LogP contribution in [0.5, 0.6) is 11.5 Å². The Labute approximate surface area is 188 Å². The lowest BCUT2D eigenvalue weighted by Crippen LogP contribution is -2.33. The maximum absolute atomic E-state index is 12.7. The lowest BCUT2D eigenvalue weighted by molar-refractivity contribution is -0.125. The van der Waals surface area contributed by atoms with Crippen LogP contribution in [0.25, 0.3) is 0 Å². The van der Waals surface area contributed by atoms with Gasteiger partial charge >= 0.3 is 0 Å². The molecule has 0 aromatic heterocycles. The van der Waals surface area contributed by atoms with Crippen molar-refractivity contribution < 1.29 is 14.3 Å². The van der Waals surface area contributed by atoms with Crippen LogP contribution in [0.3, 0.4) is 0 Å². The van der Waals surface area contributed by atoms with Crippen molar-refractivity contribution >= 4 is 17.5 Å². The molecule has 3 aromatic carbocycles. The fourth-order valence-corrected chi connectivity index (χ4v) is 3.16. The first kappa shape index (κ1) is 22.6. The third-order valence-electron chi connectivity index (χ3n) is 4.75. The molecule has 32 heavy (non-hydrogen) atoms. The van der Waals surface area contributed by atoms with Crippen molar-refractivity contribution in [3.05, 3.63) is 90.5 Å². The highest BCUT2D eigenvalue weighted by atomic mass is 16.5. The Morgan fingerprint density at radius 1 is 0.875 bits per heavy atom. The van der Waals surface area contributed by atoms with Crippen LogP contribution in [0.4, 0.5) is 5.69 Å². The van der Waals surface area contributed by atoms with E-state index in [1.807, 2.05) is 84.9 Å². The number of hydrogen-bond donors (Lipinski definition) is 1. The number of para-hydroxylation sites is 2. The van der Waals surface area contributed by atoms with E-state index in [0.29, 0.717) is 18.8 Å². The predicted molar refractivity (Wildman–Crippen MR) is 123 cm³/mol. The normalized spacial score (nSPS) is 10.1. The van der Waals surface area contributed by atoms with Gasteiger partial charge in [-0.1, -0.05) is 48.5 Å². The minimum atomic E-state index is -0.207. The van der Waals surface area contributed by atoms with E-state index in [1.54, 1.807) is 4.90 Å². The summed E-state index contributed by atoms with van der Waals surface area (Å²) in [5, 5.41) is 11.7. The van der Waals surface area contributed by atoms with E-state index < -0.39 is 0 Å². The summed E-state index contributed by atoms with van der Waals surface area (Å²) in [6.07, 6.45) is 0.381. The molecule has 2 amide bonds. The van der Waals surface area contributed by atoms with Gasteiger partial charge < -0.3 is 15.0 Å². The van der Waals surface area contributed by atoms with Crippen molar-refractivity contribution in [1.29, 1.82) is 5.26 Å². The highest BCUT2D eigenvalue weighted by molar-refractivity contribution is 5.95. The number of benzene rings is 3. The minimum Gasteiger partial charge on any atom is -0.457 e. The summed E-state index contributed by atoms with van der Waals surface area (Å²) in [4.78, 5) is 26.5. The molecule has 6 heteroatoms. The molecule has 162 valence electrons. The van der Waals surface area contributed by atoms with Crippen molar-refractivity contribution in [1.82, 2.24) is 5.32 Å². The zero-order valence-corrected chi connectivity index (χ0v) is 17.7. The van der Waals surface area contributed by atoms with Gasteiger partial charge in [-0.2, -0.15) is 5.26 Å². The number of hydrogen-bond acceptors (Lipinski definition) is 4. The van der Waals surface area contributed by atoms with Crippen LogP contribution < -0.4 is 15.0 Å². The topological polar surface area (TPSA) is 82.4 Å². The number of nitriles is 1. The summed E-state index contributed by atoms with van der Waals surface area (Å²) in [5.41, 5.74) is 1.63. The molecule has 3 aromatic rings. The fraction of sp³-hybridized carbons (Fsp3) is 0.192. The van der Waals surface area contributed by atoms with Gasteiger partial charge in [0, 0.05) is 31.6 Å². The van der Waals surface area contributed by atoms with Crippen LogP contribution in [-0.2, 0) is 16.1 Å². The van der Waals surface area contributed by atoms with Crippen LogP contribution in [0.1, 0.15) is 24.8 Å². The highest BCUT2D eigenvalue weighted by Crippen LogP contribution is 2.22. The number of amides is 2. The van der Waals surface area contributed by atoms with Crippen LogP contribution >= 0.6 is 0 Å². The van der Waals surface area contributed by atoms with E-state index in [-0.39, 0.29) is 31.1 Å². The summed E-state index contributed by atoms with van der Waals surface area (Å²) < 4.78 is 5.82. The van der Waals surface area contributed by atoms with Crippen LogP contribution in [0.15, 0.2) is 84.9 Å². The number of anilines is 1. The second-order valence-corrected chi connectivity index (χ2v) is 7.13. The highest BCUT2D eigenvalue weighted by Gasteiger charge is 2.16. The molecule has 0 saturated heterocycles. The van der Waals surface area contributed by atoms with Gasteiger partial charge in [-0.15, -0.1) is 0 Å². The van der Waals surface area contributed by atoms with Crippen molar-refractivity contribution in [2.75, 3.05) is 11.4 Å². The summed E-state index contributed by atoms with van der Waals surface area (Å²) in [6, 6.07) is 28.2. The van der Waals surface area contributed by atoms with E-state index in [4.69, 9.17) is 10.00 Å². The number of ether oxygens (including phenoxy) is 1. The predicted octanol–water partition coefficient (Wildman–Crippen LogP) is 4.82. The monoisotopic (exact) mass is 427 g/mol. The molecule has 1 N–H and O–H groups in total. The van der Waals surface area contributed by atoms with E-state index in [9.17, 15) is 9.59 Å². The van der Waals surface area contributed by atoms with Crippen molar-refractivity contribution in [2.45, 2.75) is 25.8 Å². The average molecular weight is 428 g/mol. The van der Waals surface area contributed by atoms with Gasteiger partial charge in [-0.05, 0) is 42.0 Å². The lowest BCUT2D eigenvalue weighted by Gasteiger charge is -2.21. The Balaban J connectivity index is 1.49. The second-order valence-electron chi connectivity index (χ2n) is 7.13. The van der Waals surface area contributed by atoms with Gasteiger partial charge in [-0.3, -0.25) is 9.59 Å². The SMILES string of the molecule is N#CCCN(C(=O)CCC(=O)NCc1cccc(Oc2ccccc2)c1)c1ccccc1. The van der Waals surface area contributed by atoms with Crippen LogP contribution in [0.2, 0.25) is 0 Å². The Morgan fingerprint density at radius 2 is 1.56 bits per heavy atom. The van der Waals surface area contributed by atoms with Crippen LogP contribution in [-0.4, -0.2) is 18.4 Å². The molecule has 0 aliphatic carbocycles. The summed E-state index contributed by atoms with van der Waals surface area (Å²) in [5.74, 6) is 1.04. The molecule has 6 nitrogen and oxygen atoms in total. The fourth-order valence-electron chi connectivity index (χ4n) is 3.16. The van der Waals surface area contributed by atoms with Crippen molar-refractivity contribution in [3.63, 3.8) is 0 Å². The smallest absolute Gasteiger partial charge is 0.227 e. The zero-order valence-electron chi connectivity index (χ0n) is 17.7. The minimum absolute atomic E-state index is 0.0727. The van der Waals surface area contributed by atoms with Gasteiger partial charge in [0.15, 0.2) is 0 Å². The molecule has 0 heterocycles. The van der Waals surface area contributed by atoms with Gasteiger partial charge in [-0.25, -0.2) is 0 Å². The molecule has 0 aliphatic rings. The number of nitrogens with one attached hydrogen (secondary N) is 1. The van der Waals surface area contributed by atoms with Gasteiger partial charge in [0.05, 0.1) is 12.5 Å². The van der Waals surface area contributed by atoms with Gasteiger partial charge in [0.2, 0.25) is 11.8 Å². The molecule has 0 saturated carbocycles. The molecule has 0 atom stereocenters. The first-order valence-corrected chi connectivity index (χ1v) is 10.5. The summed E-state index contributed by atoms with van der Waals surface area (Å²) in [7, 11) is 0.